The number of thioether (sulfide) groups is 1. The van der Waals surface area contributed by atoms with E-state index in [0.717, 1.165) is 20.9 Å². The molecule has 0 amide bonds. The molecule has 2 aromatic carbocycles. The van der Waals surface area contributed by atoms with E-state index in [0.29, 0.717) is 0 Å². The molecule has 0 atom stereocenters. The minimum atomic E-state index is -1.14. The van der Waals surface area contributed by atoms with Gasteiger partial charge in [-0.3, -0.25) is 0 Å². The van der Waals surface area contributed by atoms with E-state index in [9.17, 15) is 4.79 Å². The second-order valence-corrected chi connectivity index (χ2v) is 6.66. The van der Waals surface area contributed by atoms with Crippen LogP contribution in [0.2, 0.25) is 0 Å². The summed E-state index contributed by atoms with van der Waals surface area (Å²) in [4.78, 5) is 19.2. The molecule has 0 aliphatic carbocycles. The van der Waals surface area contributed by atoms with Crippen LogP contribution in [0.5, 0.6) is 0 Å². The highest BCUT2D eigenvalue weighted by Gasteiger charge is 2.48. The van der Waals surface area contributed by atoms with Gasteiger partial charge in [-0.15, -0.1) is 0 Å². The molecule has 2 aromatic rings. The Morgan fingerprint density at radius 2 is 1.38 bits per heavy atom. The summed E-state index contributed by atoms with van der Waals surface area (Å²) in [7, 11) is 0. The van der Waals surface area contributed by atoms with Crippen molar-refractivity contribution in [1.29, 1.82) is 0 Å². The molecule has 0 saturated heterocycles. The number of oxime groups is 1. The fraction of sp³-hybridized carbons (Fsp3) is 0.0526. The Morgan fingerprint density at radius 1 is 0.875 bits per heavy atom. The van der Waals surface area contributed by atoms with E-state index in [1.807, 2.05) is 72.8 Å². The van der Waals surface area contributed by atoms with E-state index in [4.69, 9.17) is 10.6 Å². The summed E-state index contributed by atoms with van der Waals surface area (Å²) < 4.78 is 0. The smallest absolute Gasteiger partial charge is 0.356 e. The minimum absolute atomic E-state index is 0.162. The summed E-state index contributed by atoms with van der Waals surface area (Å²) in [5, 5.41) is 3.70. The molecule has 0 radical (unpaired) electrons. The lowest BCUT2D eigenvalue weighted by Crippen LogP contribution is -2.37. The van der Waals surface area contributed by atoms with Gasteiger partial charge in [0.1, 0.15) is 0 Å². The minimum Gasteiger partial charge on any atom is -0.383 e. The molecule has 4 rings (SSSR count). The highest BCUT2D eigenvalue weighted by atomic mass is 32.2. The van der Waals surface area contributed by atoms with Crippen LogP contribution in [0.1, 0.15) is 11.1 Å². The monoisotopic (exact) mass is 334 g/mol. The van der Waals surface area contributed by atoms with Crippen molar-refractivity contribution >= 4 is 33.4 Å². The summed E-state index contributed by atoms with van der Waals surface area (Å²) >= 11 is 1.61. The van der Waals surface area contributed by atoms with Gasteiger partial charge in [0.15, 0.2) is 11.3 Å². The maximum atomic E-state index is 12.4. The maximum absolute atomic E-state index is 12.4. The molecule has 118 valence electrons. The zero-order chi connectivity index (χ0) is 16.6. The molecule has 2 aliphatic heterocycles. The molecule has 0 aromatic heterocycles. The zero-order valence-corrected chi connectivity index (χ0v) is 13.5. The molecule has 2 aliphatic rings. The lowest BCUT2D eigenvalue weighted by atomic mass is 9.84. The Hall–Kier alpha value is -2.79. The summed E-state index contributed by atoms with van der Waals surface area (Å²) in [6, 6.07) is 19.8. The summed E-state index contributed by atoms with van der Waals surface area (Å²) in [6.45, 7) is 0. The van der Waals surface area contributed by atoms with Crippen LogP contribution in [-0.4, -0.2) is 11.8 Å². The number of benzene rings is 2. The Morgan fingerprint density at radius 3 is 1.79 bits per heavy atom. The zero-order valence-electron chi connectivity index (χ0n) is 12.7. The fourth-order valence-corrected chi connectivity index (χ4v) is 3.97. The van der Waals surface area contributed by atoms with E-state index in [1.54, 1.807) is 11.8 Å². The standard InChI is InChI=1S/C19H14N2O2S/c20-17-19(18(22)23-21-17)11-15(13-7-3-1-4-8-13)24-16(12-19)14-9-5-2-6-10-14/h1-12H,(H2,20,21). The van der Waals surface area contributed by atoms with Crippen LogP contribution in [0.3, 0.4) is 0 Å². The van der Waals surface area contributed by atoms with Gasteiger partial charge in [-0.1, -0.05) is 77.6 Å². The van der Waals surface area contributed by atoms with E-state index >= 15 is 0 Å². The van der Waals surface area contributed by atoms with Crippen molar-refractivity contribution in [2.45, 2.75) is 0 Å². The predicted molar refractivity (Wildman–Crippen MR) is 96.6 cm³/mol. The molecular formula is C19H14N2O2S. The third kappa shape index (κ3) is 2.34. The SMILES string of the molecule is NC1=NOC(=O)C12C=C(c1ccccc1)SC(c1ccccc1)=C2. The molecule has 0 unspecified atom stereocenters. The highest BCUT2D eigenvalue weighted by molar-refractivity contribution is 8.16. The molecule has 1 spiro atoms. The van der Waals surface area contributed by atoms with Gasteiger partial charge >= 0.3 is 5.97 Å². The van der Waals surface area contributed by atoms with Crippen molar-refractivity contribution in [2.24, 2.45) is 16.3 Å². The van der Waals surface area contributed by atoms with Gasteiger partial charge in [-0.25, -0.2) is 4.79 Å². The first-order valence-corrected chi connectivity index (χ1v) is 8.30. The van der Waals surface area contributed by atoms with Gasteiger partial charge in [0.25, 0.3) is 0 Å². The summed E-state index contributed by atoms with van der Waals surface area (Å²) in [6.07, 6.45) is 3.68. The van der Waals surface area contributed by atoms with Gasteiger partial charge < -0.3 is 10.6 Å². The van der Waals surface area contributed by atoms with Crippen LogP contribution in [-0.2, 0) is 9.63 Å². The normalized spacial score (nSPS) is 18.7. The third-order valence-corrected chi connectivity index (χ3v) is 5.19. The number of rotatable bonds is 2. The molecule has 2 N–H and O–H groups in total. The summed E-state index contributed by atoms with van der Waals surface area (Å²) in [5.74, 6) is -0.308. The van der Waals surface area contributed by atoms with Gasteiger partial charge in [0.2, 0.25) is 0 Å². The molecular weight excluding hydrogens is 320 g/mol. The highest BCUT2D eigenvalue weighted by Crippen LogP contribution is 2.49. The molecule has 0 fully saturated rings. The average Bonchev–Trinajstić information content (AvgIpc) is 2.91. The van der Waals surface area contributed by atoms with E-state index < -0.39 is 11.4 Å². The Balaban J connectivity index is 1.88. The van der Waals surface area contributed by atoms with Crippen LogP contribution < -0.4 is 5.73 Å². The van der Waals surface area contributed by atoms with Crippen molar-refractivity contribution < 1.29 is 9.63 Å². The molecule has 2 heterocycles. The number of nitrogens with two attached hydrogens (primary N) is 1. The number of hydrogen-bond donors (Lipinski definition) is 1. The first-order valence-electron chi connectivity index (χ1n) is 7.49. The topological polar surface area (TPSA) is 64.7 Å². The fourth-order valence-electron chi connectivity index (χ4n) is 2.73. The number of hydrogen-bond acceptors (Lipinski definition) is 5. The molecule has 24 heavy (non-hydrogen) atoms. The Kier molecular flexibility index (Phi) is 3.50. The number of carbonyl (C=O) groups excluding carboxylic acids is 1. The maximum Gasteiger partial charge on any atom is 0.356 e. The van der Waals surface area contributed by atoms with Crippen LogP contribution >= 0.6 is 11.8 Å². The second kappa shape index (κ2) is 5.69. The number of amidine groups is 1. The van der Waals surface area contributed by atoms with Gasteiger partial charge in [0, 0.05) is 9.81 Å². The van der Waals surface area contributed by atoms with Crippen LogP contribution in [0.4, 0.5) is 0 Å². The van der Waals surface area contributed by atoms with Crippen molar-refractivity contribution in [3.63, 3.8) is 0 Å². The lowest BCUT2D eigenvalue weighted by molar-refractivity contribution is -0.144. The lowest BCUT2D eigenvalue weighted by Gasteiger charge is -2.26. The molecule has 4 nitrogen and oxygen atoms in total. The molecule has 0 saturated carbocycles. The predicted octanol–water partition coefficient (Wildman–Crippen LogP) is 3.63. The first-order chi connectivity index (χ1) is 11.7. The Labute approximate surface area is 143 Å². The van der Waals surface area contributed by atoms with Crippen LogP contribution in [0.15, 0.2) is 78.0 Å². The third-order valence-electron chi connectivity index (χ3n) is 4.04. The van der Waals surface area contributed by atoms with Gasteiger partial charge in [-0.2, -0.15) is 0 Å². The van der Waals surface area contributed by atoms with Gasteiger partial charge in [-0.05, 0) is 23.3 Å². The van der Waals surface area contributed by atoms with Crippen molar-refractivity contribution in [1.82, 2.24) is 0 Å². The van der Waals surface area contributed by atoms with Crippen LogP contribution in [0.25, 0.3) is 9.81 Å². The largest absolute Gasteiger partial charge is 0.383 e. The van der Waals surface area contributed by atoms with Crippen LogP contribution in [0, 0.1) is 5.41 Å². The first kappa shape index (κ1) is 14.8. The number of nitrogens with zero attached hydrogens (tertiary/aromatic N) is 1. The average molecular weight is 334 g/mol. The van der Waals surface area contributed by atoms with E-state index in [-0.39, 0.29) is 5.84 Å². The Bertz CT molecular complexity index is 831. The van der Waals surface area contributed by atoms with Crippen molar-refractivity contribution in [3.05, 3.63) is 83.9 Å². The van der Waals surface area contributed by atoms with Crippen molar-refractivity contribution in [3.8, 4) is 0 Å². The quantitative estimate of drug-likeness (QED) is 0.852. The van der Waals surface area contributed by atoms with Crippen molar-refractivity contribution in [2.75, 3.05) is 0 Å². The number of carbonyl (C=O) groups is 1. The van der Waals surface area contributed by atoms with E-state index in [1.165, 1.54) is 0 Å². The molecule has 5 heteroatoms. The van der Waals surface area contributed by atoms with Gasteiger partial charge in [0.05, 0.1) is 0 Å². The summed E-state index contributed by atoms with van der Waals surface area (Å²) in [5.41, 5.74) is 6.93. The molecule has 0 bridgehead atoms. The van der Waals surface area contributed by atoms with E-state index in [2.05, 4.69) is 5.16 Å². The second-order valence-electron chi connectivity index (χ2n) is 5.58.